The van der Waals surface area contributed by atoms with Crippen molar-refractivity contribution in [2.24, 2.45) is 0 Å². The Balaban J connectivity index is 1.59. The molecule has 0 fully saturated rings. The number of hydrogen-bond donors (Lipinski definition) is 1. The van der Waals surface area contributed by atoms with Crippen LogP contribution in [0.1, 0.15) is 17.4 Å². The molecular formula is C17H13N5O5S. The van der Waals surface area contributed by atoms with Gasteiger partial charge in [0.05, 0.1) is 12.9 Å². The molecular weight excluding hydrogens is 386 g/mol. The van der Waals surface area contributed by atoms with E-state index in [4.69, 9.17) is 9.15 Å². The first kappa shape index (κ1) is 17.8. The number of ether oxygens (including phenoxy) is 1. The fourth-order valence-electron chi connectivity index (χ4n) is 2.65. The largest absolute Gasteiger partial charge is 0.461 e. The molecule has 4 aromatic rings. The number of amides is 1. The highest BCUT2D eigenvalue weighted by atomic mass is 32.1. The zero-order valence-electron chi connectivity index (χ0n) is 14.5. The van der Waals surface area contributed by atoms with Gasteiger partial charge in [-0.25, -0.2) is 9.78 Å². The number of para-hydroxylation sites is 1. The molecule has 0 spiro atoms. The number of esters is 1. The molecule has 0 saturated carbocycles. The average molecular weight is 399 g/mol. The van der Waals surface area contributed by atoms with Gasteiger partial charge in [-0.05, 0) is 19.1 Å². The minimum atomic E-state index is -0.686. The zero-order valence-corrected chi connectivity index (χ0v) is 15.4. The number of anilines is 1. The molecule has 0 atom stereocenters. The molecule has 0 saturated heterocycles. The van der Waals surface area contributed by atoms with Crippen LogP contribution in [0.3, 0.4) is 0 Å². The summed E-state index contributed by atoms with van der Waals surface area (Å²) in [6, 6.07) is 7.16. The molecule has 0 bridgehead atoms. The second-order valence-corrected chi connectivity index (χ2v) is 6.43. The summed E-state index contributed by atoms with van der Waals surface area (Å²) in [6.07, 6.45) is 1.28. The highest BCUT2D eigenvalue weighted by molar-refractivity contribution is 7.10. The molecule has 0 radical (unpaired) electrons. The van der Waals surface area contributed by atoms with Crippen LogP contribution in [0.2, 0.25) is 0 Å². The van der Waals surface area contributed by atoms with Gasteiger partial charge in [0.1, 0.15) is 17.6 Å². The van der Waals surface area contributed by atoms with E-state index < -0.39 is 17.4 Å². The molecule has 142 valence electrons. The van der Waals surface area contributed by atoms with Crippen molar-refractivity contribution in [2.45, 2.75) is 13.5 Å². The van der Waals surface area contributed by atoms with E-state index in [2.05, 4.69) is 19.9 Å². The van der Waals surface area contributed by atoms with Gasteiger partial charge in [-0.3, -0.25) is 14.2 Å². The summed E-state index contributed by atoms with van der Waals surface area (Å²) in [5.41, 5.74) is 0.485. The first-order valence-corrected chi connectivity index (χ1v) is 9.01. The SMILES string of the molecule is CCOC(=O)c1nnsc1NC(=O)Cn1cnc2c(oc3ccccc32)c1=O. The summed E-state index contributed by atoms with van der Waals surface area (Å²) >= 11 is 0.837. The first-order chi connectivity index (χ1) is 13.6. The van der Waals surface area contributed by atoms with Gasteiger partial charge in [-0.15, -0.1) is 5.10 Å². The van der Waals surface area contributed by atoms with Gasteiger partial charge < -0.3 is 14.5 Å². The lowest BCUT2D eigenvalue weighted by molar-refractivity contribution is -0.116. The molecule has 11 heteroatoms. The van der Waals surface area contributed by atoms with Gasteiger partial charge in [0.2, 0.25) is 17.2 Å². The molecule has 4 rings (SSSR count). The Morgan fingerprint density at radius 3 is 2.96 bits per heavy atom. The van der Waals surface area contributed by atoms with Crippen LogP contribution in [0.4, 0.5) is 5.00 Å². The van der Waals surface area contributed by atoms with Gasteiger partial charge in [0.15, 0.2) is 5.00 Å². The lowest BCUT2D eigenvalue weighted by Gasteiger charge is -2.06. The van der Waals surface area contributed by atoms with Crippen molar-refractivity contribution < 1.29 is 18.7 Å². The van der Waals surface area contributed by atoms with E-state index in [1.54, 1.807) is 25.1 Å². The van der Waals surface area contributed by atoms with E-state index in [1.807, 2.05) is 6.07 Å². The molecule has 0 unspecified atom stereocenters. The number of carbonyl (C=O) groups is 2. The number of furan rings is 1. The number of nitrogens with one attached hydrogen (secondary N) is 1. The zero-order chi connectivity index (χ0) is 19.7. The summed E-state index contributed by atoms with van der Waals surface area (Å²) in [7, 11) is 0. The van der Waals surface area contributed by atoms with Crippen LogP contribution in [0, 0.1) is 0 Å². The Bertz CT molecular complexity index is 1260. The second kappa shape index (κ2) is 7.19. The van der Waals surface area contributed by atoms with Crippen molar-refractivity contribution in [1.29, 1.82) is 0 Å². The predicted octanol–water partition coefficient (Wildman–Crippen LogP) is 1.81. The normalized spacial score (nSPS) is 11.0. The fraction of sp³-hybridized carbons (Fsp3) is 0.176. The number of carbonyl (C=O) groups excluding carboxylic acids is 2. The summed E-state index contributed by atoms with van der Waals surface area (Å²) in [6.45, 7) is 1.50. The van der Waals surface area contributed by atoms with Crippen molar-refractivity contribution in [3.8, 4) is 0 Å². The third kappa shape index (κ3) is 3.11. The van der Waals surface area contributed by atoms with Gasteiger partial charge in [0.25, 0.3) is 5.56 Å². The maximum atomic E-state index is 12.6. The Hall–Kier alpha value is -3.60. The van der Waals surface area contributed by atoms with Crippen molar-refractivity contribution in [3.63, 3.8) is 0 Å². The van der Waals surface area contributed by atoms with Gasteiger partial charge in [-0.1, -0.05) is 16.6 Å². The third-order valence-corrected chi connectivity index (χ3v) is 4.52. The molecule has 28 heavy (non-hydrogen) atoms. The standard InChI is InChI=1S/C17H13N5O5S/c1-2-26-17(25)13-15(28-21-20-13)19-11(23)7-22-8-18-12-9-5-3-4-6-10(9)27-14(12)16(22)24/h3-6,8H,2,7H2,1H3,(H,19,23). The third-order valence-electron chi connectivity index (χ3n) is 3.87. The monoisotopic (exact) mass is 399 g/mol. The summed E-state index contributed by atoms with van der Waals surface area (Å²) < 4.78 is 15.2. The van der Waals surface area contributed by atoms with E-state index in [9.17, 15) is 14.4 Å². The average Bonchev–Trinajstić information content (AvgIpc) is 3.29. The Kier molecular flexibility index (Phi) is 4.57. The van der Waals surface area contributed by atoms with Crippen LogP contribution in [0.25, 0.3) is 22.1 Å². The van der Waals surface area contributed by atoms with Crippen LogP contribution in [0.5, 0.6) is 0 Å². The molecule has 1 amide bonds. The Labute approximate surface area is 160 Å². The molecule has 1 aromatic carbocycles. The van der Waals surface area contributed by atoms with Crippen molar-refractivity contribution in [2.75, 3.05) is 11.9 Å². The molecule has 10 nitrogen and oxygen atoms in total. The van der Waals surface area contributed by atoms with Crippen molar-refractivity contribution >= 4 is 50.5 Å². The van der Waals surface area contributed by atoms with Crippen molar-refractivity contribution in [3.05, 3.63) is 46.6 Å². The minimum absolute atomic E-state index is 0.0724. The van der Waals surface area contributed by atoms with Crippen LogP contribution < -0.4 is 10.9 Å². The number of aromatic nitrogens is 4. The van der Waals surface area contributed by atoms with E-state index in [-0.39, 0.29) is 29.4 Å². The number of benzene rings is 1. The summed E-state index contributed by atoms with van der Waals surface area (Å²) in [5, 5.41) is 7.05. The number of fused-ring (bicyclic) bond motifs is 3. The fourth-order valence-corrected chi connectivity index (χ4v) is 3.23. The smallest absolute Gasteiger partial charge is 0.362 e. The molecule has 3 aromatic heterocycles. The molecule has 3 heterocycles. The van der Waals surface area contributed by atoms with E-state index in [0.29, 0.717) is 11.1 Å². The molecule has 0 aliphatic heterocycles. The van der Waals surface area contributed by atoms with Crippen LogP contribution in [-0.4, -0.2) is 37.6 Å². The number of rotatable bonds is 5. The maximum absolute atomic E-state index is 12.6. The van der Waals surface area contributed by atoms with Crippen molar-refractivity contribution in [1.82, 2.24) is 19.1 Å². The maximum Gasteiger partial charge on any atom is 0.362 e. The summed E-state index contributed by atoms with van der Waals surface area (Å²) in [5.74, 6) is -1.23. The predicted molar refractivity (Wildman–Crippen MR) is 100 cm³/mol. The molecule has 1 N–H and O–H groups in total. The highest BCUT2D eigenvalue weighted by Crippen LogP contribution is 2.24. The molecule has 0 aliphatic carbocycles. The summed E-state index contributed by atoms with van der Waals surface area (Å²) in [4.78, 5) is 41.0. The van der Waals surface area contributed by atoms with Gasteiger partial charge >= 0.3 is 5.97 Å². The topological polar surface area (TPSA) is 129 Å². The van der Waals surface area contributed by atoms with E-state index in [0.717, 1.165) is 21.5 Å². The lowest BCUT2D eigenvalue weighted by Crippen LogP contribution is -2.27. The number of nitrogens with zero attached hydrogens (tertiary/aromatic N) is 4. The van der Waals surface area contributed by atoms with E-state index >= 15 is 0 Å². The first-order valence-electron chi connectivity index (χ1n) is 8.24. The Morgan fingerprint density at radius 1 is 1.32 bits per heavy atom. The number of hydrogen-bond acceptors (Lipinski definition) is 9. The second-order valence-electron chi connectivity index (χ2n) is 5.67. The van der Waals surface area contributed by atoms with Crippen LogP contribution in [0.15, 0.2) is 39.8 Å². The lowest BCUT2D eigenvalue weighted by atomic mass is 10.2. The van der Waals surface area contributed by atoms with E-state index in [1.165, 1.54) is 6.33 Å². The van der Waals surface area contributed by atoms with Gasteiger partial charge in [-0.2, -0.15) is 0 Å². The Morgan fingerprint density at radius 2 is 2.14 bits per heavy atom. The minimum Gasteiger partial charge on any atom is -0.461 e. The van der Waals surface area contributed by atoms with Gasteiger partial charge in [0, 0.05) is 16.9 Å². The quantitative estimate of drug-likeness (QED) is 0.503. The van der Waals surface area contributed by atoms with Crippen LogP contribution in [-0.2, 0) is 16.1 Å². The van der Waals surface area contributed by atoms with Crippen LogP contribution >= 0.6 is 11.5 Å². The highest BCUT2D eigenvalue weighted by Gasteiger charge is 2.20. The molecule has 0 aliphatic rings.